The summed E-state index contributed by atoms with van der Waals surface area (Å²) in [5.41, 5.74) is 0. The molecule has 0 aliphatic rings. The van der Waals surface area contributed by atoms with Crippen molar-refractivity contribution in [2.45, 2.75) is 6.92 Å². The van der Waals surface area contributed by atoms with E-state index in [4.69, 9.17) is 0 Å². The number of rotatable bonds is 1. The number of carbonyl (C=O) groups excluding carboxylic acids is 1. The van der Waals surface area contributed by atoms with Gasteiger partial charge in [0.2, 0.25) is 0 Å². The number of halogens is 1. The second-order valence-electron chi connectivity index (χ2n) is 0.825. The summed E-state index contributed by atoms with van der Waals surface area (Å²) in [6.45, 7) is 1.76. The predicted molar refractivity (Wildman–Crippen MR) is 30.2 cm³/mol. The Morgan fingerprint density at radius 1 is 1.86 bits per heavy atom. The molecule has 0 aromatic carbocycles. The molecule has 0 aromatic heterocycles. The highest BCUT2D eigenvalue weighted by Gasteiger charge is 1.84. The van der Waals surface area contributed by atoms with E-state index in [1.807, 2.05) is 0 Å². The molecule has 0 atom stereocenters. The van der Waals surface area contributed by atoms with E-state index in [1.165, 1.54) is 6.26 Å². The molecule has 2 nitrogen and oxygen atoms in total. The topological polar surface area (TPSA) is 26.3 Å². The van der Waals surface area contributed by atoms with Gasteiger partial charge in [-0.1, -0.05) is 6.08 Å². The zero-order chi connectivity index (χ0) is 5.70. The molecular weight excluding hydrogens is 160 g/mol. The van der Waals surface area contributed by atoms with E-state index in [-0.39, 0.29) is 0 Å². The molecule has 0 unspecified atom stereocenters. The van der Waals surface area contributed by atoms with Gasteiger partial charge in [0.25, 0.3) is 0 Å². The third-order valence-corrected chi connectivity index (χ3v) is 0.484. The van der Waals surface area contributed by atoms with Crippen LogP contribution in [0.1, 0.15) is 6.92 Å². The zero-order valence-corrected chi connectivity index (χ0v) is 5.44. The van der Waals surface area contributed by atoms with Gasteiger partial charge in [-0.15, -0.1) is 0 Å². The van der Waals surface area contributed by atoms with Crippen LogP contribution in [0.15, 0.2) is 12.3 Å². The van der Waals surface area contributed by atoms with Gasteiger partial charge >= 0.3 is 4.88 Å². The molecule has 0 rings (SSSR count). The molecule has 0 spiro atoms. The van der Waals surface area contributed by atoms with E-state index >= 15 is 0 Å². The van der Waals surface area contributed by atoms with Crippen LogP contribution >= 0.6 is 15.9 Å². The van der Waals surface area contributed by atoms with Gasteiger partial charge in [0.05, 0.1) is 6.26 Å². The maximum Gasteiger partial charge on any atom is 0.379 e. The highest BCUT2D eigenvalue weighted by atomic mass is 79.9. The van der Waals surface area contributed by atoms with Crippen molar-refractivity contribution in [1.82, 2.24) is 0 Å². The molecule has 0 aromatic rings. The van der Waals surface area contributed by atoms with Crippen LogP contribution < -0.4 is 0 Å². The van der Waals surface area contributed by atoms with Crippen LogP contribution in [0, 0.1) is 0 Å². The van der Waals surface area contributed by atoms with Crippen molar-refractivity contribution in [2.75, 3.05) is 0 Å². The van der Waals surface area contributed by atoms with Crippen molar-refractivity contribution in [1.29, 1.82) is 0 Å². The largest absolute Gasteiger partial charge is 0.426 e. The minimum Gasteiger partial charge on any atom is -0.426 e. The molecule has 0 aliphatic carbocycles. The highest BCUT2D eigenvalue weighted by molar-refractivity contribution is 9.18. The van der Waals surface area contributed by atoms with Crippen LogP contribution in [-0.4, -0.2) is 4.88 Å². The first-order valence-corrected chi connectivity index (χ1v) is 2.54. The average molecular weight is 165 g/mol. The third-order valence-electron chi connectivity index (χ3n) is 0.297. The summed E-state index contributed by atoms with van der Waals surface area (Å²) < 4.78 is 4.29. The molecule has 0 heterocycles. The Kier molecular flexibility index (Phi) is 3.69. The second-order valence-corrected chi connectivity index (χ2v) is 1.47. The van der Waals surface area contributed by atoms with Crippen molar-refractivity contribution in [3.63, 3.8) is 0 Å². The molecule has 0 bridgehead atoms. The molecule has 0 saturated carbocycles. The highest BCUT2D eigenvalue weighted by Crippen LogP contribution is 1.89. The number of carbonyl (C=O) groups is 1. The van der Waals surface area contributed by atoms with Gasteiger partial charge in [0, 0.05) is 15.9 Å². The maximum absolute atomic E-state index is 9.85. The quantitative estimate of drug-likeness (QED) is 0.439. The van der Waals surface area contributed by atoms with E-state index in [2.05, 4.69) is 20.7 Å². The molecular formula is C4H5BrO2. The molecule has 0 saturated heterocycles. The van der Waals surface area contributed by atoms with E-state index in [0.717, 1.165) is 0 Å². The van der Waals surface area contributed by atoms with Crippen LogP contribution in [0.4, 0.5) is 4.79 Å². The molecule has 0 aliphatic heterocycles. The van der Waals surface area contributed by atoms with E-state index in [9.17, 15) is 4.79 Å². The van der Waals surface area contributed by atoms with Crippen LogP contribution in [-0.2, 0) is 4.74 Å². The van der Waals surface area contributed by atoms with Crippen molar-refractivity contribution in [3.8, 4) is 0 Å². The lowest BCUT2D eigenvalue weighted by Gasteiger charge is -1.83. The standard InChI is InChI=1S/C4H5BrO2/c1-2-3-7-4(5)6/h2-3H,1H3. The monoisotopic (exact) mass is 164 g/mol. The predicted octanol–water partition coefficient (Wildman–Crippen LogP) is 2.05. The van der Waals surface area contributed by atoms with Crippen molar-refractivity contribution in [3.05, 3.63) is 12.3 Å². The first-order chi connectivity index (χ1) is 3.27. The molecule has 0 radical (unpaired) electrons. The number of hydrogen-bond acceptors (Lipinski definition) is 2. The summed E-state index contributed by atoms with van der Waals surface area (Å²) in [4.78, 5) is 9.38. The molecule has 7 heavy (non-hydrogen) atoms. The fraction of sp³-hybridized carbons (Fsp3) is 0.250. The normalized spacial score (nSPS) is 9.43. The summed E-state index contributed by atoms with van der Waals surface area (Å²) in [6.07, 6.45) is 2.93. The summed E-state index contributed by atoms with van der Waals surface area (Å²) in [7, 11) is 0. The SMILES string of the molecule is CC=COC(=O)Br. The van der Waals surface area contributed by atoms with Gasteiger partial charge in [-0.2, -0.15) is 0 Å². The van der Waals surface area contributed by atoms with Crippen molar-refractivity contribution < 1.29 is 9.53 Å². The third kappa shape index (κ3) is 5.69. The fourth-order valence-corrected chi connectivity index (χ4v) is 0.229. The Balaban J connectivity index is 3.14. The first-order valence-electron chi connectivity index (χ1n) is 1.74. The van der Waals surface area contributed by atoms with Gasteiger partial charge in [-0.05, 0) is 6.92 Å². The Labute approximate surface area is 50.3 Å². The van der Waals surface area contributed by atoms with Gasteiger partial charge in [-0.3, -0.25) is 0 Å². The van der Waals surface area contributed by atoms with Crippen LogP contribution in [0.3, 0.4) is 0 Å². The molecule has 0 N–H and O–H groups in total. The molecule has 0 fully saturated rings. The minimum atomic E-state index is -0.467. The number of ether oxygens (including phenoxy) is 1. The van der Waals surface area contributed by atoms with Gasteiger partial charge < -0.3 is 4.74 Å². The van der Waals surface area contributed by atoms with Crippen molar-refractivity contribution >= 4 is 20.8 Å². The lowest BCUT2D eigenvalue weighted by molar-refractivity contribution is 0.215. The van der Waals surface area contributed by atoms with Crippen LogP contribution in [0.5, 0.6) is 0 Å². The lowest BCUT2D eigenvalue weighted by Crippen LogP contribution is -1.79. The van der Waals surface area contributed by atoms with Gasteiger partial charge in [0.1, 0.15) is 0 Å². The lowest BCUT2D eigenvalue weighted by atomic mass is 10.7. The summed E-state index contributed by atoms with van der Waals surface area (Å²) in [5, 5.41) is 0. The van der Waals surface area contributed by atoms with E-state index < -0.39 is 4.88 Å². The second kappa shape index (κ2) is 3.87. The van der Waals surface area contributed by atoms with Gasteiger partial charge in [-0.25, -0.2) is 4.79 Å². The van der Waals surface area contributed by atoms with Gasteiger partial charge in [0.15, 0.2) is 0 Å². The Morgan fingerprint density at radius 2 is 2.43 bits per heavy atom. The zero-order valence-electron chi connectivity index (χ0n) is 3.85. The number of allylic oxidation sites excluding steroid dienone is 1. The molecule has 3 heteroatoms. The first kappa shape index (κ1) is 6.69. The fourth-order valence-electron chi connectivity index (χ4n) is 0.122. The Hall–Kier alpha value is -0.310. The molecule has 0 amide bonds. The van der Waals surface area contributed by atoms with Crippen LogP contribution in [0.2, 0.25) is 0 Å². The van der Waals surface area contributed by atoms with Crippen molar-refractivity contribution in [2.24, 2.45) is 0 Å². The minimum absolute atomic E-state index is 0.467. The van der Waals surface area contributed by atoms with Crippen LogP contribution in [0.25, 0.3) is 0 Å². The van der Waals surface area contributed by atoms with E-state index in [0.29, 0.717) is 0 Å². The smallest absolute Gasteiger partial charge is 0.379 e. The summed E-state index contributed by atoms with van der Waals surface area (Å²) in [5.74, 6) is 0. The summed E-state index contributed by atoms with van der Waals surface area (Å²) in [6, 6.07) is 0. The Bertz CT molecular complexity index is 87.7. The molecule has 40 valence electrons. The Morgan fingerprint density at radius 3 is 2.57 bits per heavy atom. The number of hydrogen-bond donors (Lipinski definition) is 0. The summed E-state index contributed by atoms with van der Waals surface area (Å²) >= 11 is 2.56. The van der Waals surface area contributed by atoms with E-state index in [1.54, 1.807) is 13.0 Å². The average Bonchev–Trinajstić information content (AvgIpc) is 1.61. The maximum atomic E-state index is 9.85.